The number of nitrogens with one attached hydrogen (secondary N) is 2. The molecule has 0 spiro atoms. The Morgan fingerprint density at radius 3 is 2.39 bits per heavy atom. The lowest BCUT2D eigenvalue weighted by Crippen LogP contribution is -2.31. The van der Waals surface area contributed by atoms with Crippen molar-refractivity contribution in [1.82, 2.24) is 9.97 Å². The van der Waals surface area contributed by atoms with Crippen LogP contribution in [0.15, 0.2) is 48.5 Å². The third kappa shape index (κ3) is 5.76. The number of hydrogen-bond donors (Lipinski definition) is 2. The molecule has 2 aromatic carbocycles. The second kappa shape index (κ2) is 10.3. The van der Waals surface area contributed by atoms with Crippen LogP contribution in [0.4, 0.5) is 17.5 Å². The molecule has 0 unspecified atom stereocenters. The molecule has 0 amide bonds. The van der Waals surface area contributed by atoms with E-state index in [1.807, 2.05) is 48.5 Å². The van der Waals surface area contributed by atoms with E-state index in [9.17, 15) is 4.79 Å². The summed E-state index contributed by atoms with van der Waals surface area (Å²) in [6, 6.07) is 15.9. The Morgan fingerprint density at radius 2 is 1.71 bits per heavy atom. The van der Waals surface area contributed by atoms with E-state index in [4.69, 9.17) is 19.4 Å². The maximum Gasteiger partial charge on any atom is 0.302 e. The molecule has 2 N–H and O–H groups in total. The van der Waals surface area contributed by atoms with Gasteiger partial charge in [0, 0.05) is 24.0 Å². The van der Waals surface area contributed by atoms with E-state index < -0.39 is 0 Å². The van der Waals surface area contributed by atoms with Crippen molar-refractivity contribution in [3.8, 4) is 5.75 Å². The summed E-state index contributed by atoms with van der Waals surface area (Å²) in [6.45, 7) is 1.46. The number of ether oxygens (including phenoxy) is 2. The molecule has 0 atom stereocenters. The molecule has 3 aromatic rings. The number of fused-ring (bicyclic) bond motifs is 1. The van der Waals surface area contributed by atoms with Crippen molar-refractivity contribution in [3.05, 3.63) is 48.5 Å². The van der Waals surface area contributed by atoms with E-state index in [0.717, 1.165) is 53.8 Å². The summed E-state index contributed by atoms with van der Waals surface area (Å²) >= 11 is 0. The standard InChI is InChI=1S/C23H26N4O3.ClH/c1-15(28)30-19-13-9-17(10-14-19)25-23-26-21-6-4-3-5-20(21)22(27-23)24-16-7-11-18(29-2)12-8-16;/h3-8,11-12,17,19H,9-10,13-14H2,1-2H3,(H2,24,25,26,27);1H. The summed E-state index contributed by atoms with van der Waals surface area (Å²) in [4.78, 5) is 20.6. The van der Waals surface area contributed by atoms with Gasteiger partial charge in [0.2, 0.25) is 5.95 Å². The molecule has 7 nitrogen and oxygen atoms in total. The fraction of sp³-hybridized carbons (Fsp3) is 0.348. The summed E-state index contributed by atoms with van der Waals surface area (Å²) in [5.74, 6) is 1.95. The molecule has 0 saturated heterocycles. The van der Waals surface area contributed by atoms with Gasteiger partial charge in [0.1, 0.15) is 17.7 Å². The Hall–Kier alpha value is -3.06. The number of benzene rings is 2. The molecule has 0 aliphatic heterocycles. The van der Waals surface area contributed by atoms with E-state index in [1.54, 1.807) is 7.11 Å². The van der Waals surface area contributed by atoms with Crippen LogP contribution in [0.25, 0.3) is 10.9 Å². The molecule has 1 aromatic heterocycles. The second-order valence-corrected chi connectivity index (χ2v) is 7.49. The number of anilines is 3. The molecule has 0 radical (unpaired) electrons. The third-order valence-electron chi connectivity index (χ3n) is 5.30. The number of nitrogens with zero attached hydrogens (tertiary/aromatic N) is 2. The number of esters is 1. The zero-order chi connectivity index (χ0) is 20.9. The van der Waals surface area contributed by atoms with Crippen LogP contribution in [0.1, 0.15) is 32.6 Å². The first-order chi connectivity index (χ1) is 14.6. The molecule has 1 fully saturated rings. The van der Waals surface area contributed by atoms with Gasteiger partial charge in [0.15, 0.2) is 0 Å². The Morgan fingerprint density at radius 1 is 1.00 bits per heavy atom. The van der Waals surface area contributed by atoms with Gasteiger partial charge in [-0.3, -0.25) is 4.79 Å². The van der Waals surface area contributed by atoms with Crippen molar-refractivity contribution in [1.29, 1.82) is 0 Å². The van der Waals surface area contributed by atoms with Gasteiger partial charge in [-0.25, -0.2) is 4.98 Å². The summed E-state index contributed by atoms with van der Waals surface area (Å²) < 4.78 is 10.6. The summed E-state index contributed by atoms with van der Waals surface area (Å²) in [6.07, 6.45) is 3.54. The first-order valence-electron chi connectivity index (χ1n) is 10.2. The predicted molar refractivity (Wildman–Crippen MR) is 124 cm³/mol. The number of hydrogen-bond acceptors (Lipinski definition) is 7. The highest BCUT2D eigenvalue weighted by molar-refractivity contribution is 5.91. The lowest BCUT2D eigenvalue weighted by molar-refractivity contribution is -0.147. The molecular weight excluding hydrogens is 416 g/mol. The lowest BCUT2D eigenvalue weighted by Gasteiger charge is -2.28. The average Bonchev–Trinajstić information content (AvgIpc) is 2.75. The van der Waals surface area contributed by atoms with Crippen molar-refractivity contribution in [2.24, 2.45) is 0 Å². The molecule has 8 heteroatoms. The van der Waals surface area contributed by atoms with Crippen LogP contribution in [0.2, 0.25) is 0 Å². The van der Waals surface area contributed by atoms with Crippen LogP contribution in [0, 0.1) is 0 Å². The number of carbonyl (C=O) groups excluding carboxylic acids is 1. The quantitative estimate of drug-likeness (QED) is 0.514. The van der Waals surface area contributed by atoms with Crippen molar-refractivity contribution in [3.63, 3.8) is 0 Å². The SMILES string of the molecule is COc1ccc(Nc2nc(NC3CCC(OC(C)=O)CC3)nc3ccccc23)cc1.Cl. The lowest BCUT2D eigenvalue weighted by atomic mass is 9.93. The Kier molecular flexibility index (Phi) is 7.52. The molecule has 1 aliphatic rings. The largest absolute Gasteiger partial charge is 0.497 e. The maximum absolute atomic E-state index is 11.2. The van der Waals surface area contributed by atoms with Crippen molar-refractivity contribution >= 4 is 46.7 Å². The van der Waals surface area contributed by atoms with Crippen molar-refractivity contribution < 1.29 is 14.3 Å². The van der Waals surface area contributed by atoms with E-state index in [0.29, 0.717) is 5.95 Å². The fourth-order valence-electron chi connectivity index (χ4n) is 3.79. The Balaban J connectivity index is 0.00000272. The molecular formula is C23H27ClN4O3. The van der Waals surface area contributed by atoms with E-state index in [-0.39, 0.29) is 30.5 Å². The minimum Gasteiger partial charge on any atom is -0.497 e. The van der Waals surface area contributed by atoms with Crippen LogP contribution in [0.5, 0.6) is 5.75 Å². The van der Waals surface area contributed by atoms with Gasteiger partial charge < -0.3 is 20.1 Å². The third-order valence-corrected chi connectivity index (χ3v) is 5.30. The van der Waals surface area contributed by atoms with E-state index >= 15 is 0 Å². The van der Waals surface area contributed by atoms with Crippen molar-refractivity contribution in [2.45, 2.75) is 44.8 Å². The normalized spacial score (nSPS) is 18.0. The van der Waals surface area contributed by atoms with Gasteiger partial charge in [-0.2, -0.15) is 4.98 Å². The maximum atomic E-state index is 11.2. The molecule has 164 valence electrons. The smallest absolute Gasteiger partial charge is 0.302 e. The van der Waals surface area contributed by atoms with E-state index in [2.05, 4.69) is 10.6 Å². The number of aromatic nitrogens is 2. The van der Waals surface area contributed by atoms with Crippen LogP contribution < -0.4 is 15.4 Å². The molecule has 1 aliphatic carbocycles. The van der Waals surface area contributed by atoms with Crippen LogP contribution in [0.3, 0.4) is 0 Å². The summed E-state index contributed by atoms with van der Waals surface area (Å²) in [7, 11) is 1.65. The molecule has 1 saturated carbocycles. The first-order valence-corrected chi connectivity index (χ1v) is 10.2. The molecule has 31 heavy (non-hydrogen) atoms. The van der Waals surface area contributed by atoms with Crippen LogP contribution in [-0.2, 0) is 9.53 Å². The molecule has 4 rings (SSSR count). The van der Waals surface area contributed by atoms with Crippen LogP contribution in [-0.4, -0.2) is 35.2 Å². The average molecular weight is 443 g/mol. The summed E-state index contributed by atoms with van der Waals surface area (Å²) in [5.41, 5.74) is 1.80. The highest BCUT2D eigenvalue weighted by Crippen LogP contribution is 2.28. The zero-order valence-corrected chi connectivity index (χ0v) is 18.4. The van der Waals surface area contributed by atoms with Gasteiger partial charge >= 0.3 is 5.97 Å². The Bertz CT molecular complexity index is 1020. The van der Waals surface area contributed by atoms with Gasteiger partial charge in [-0.15, -0.1) is 12.4 Å². The molecule has 0 bridgehead atoms. The predicted octanol–water partition coefficient (Wildman–Crippen LogP) is 5.09. The minimum atomic E-state index is -0.210. The van der Waals surface area contributed by atoms with Gasteiger partial charge in [0.05, 0.1) is 12.6 Å². The first kappa shape index (κ1) is 22.6. The molecule has 1 heterocycles. The number of carbonyl (C=O) groups is 1. The van der Waals surface area contributed by atoms with Gasteiger partial charge in [0.25, 0.3) is 0 Å². The van der Waals surface area contributed by atoms with E-state index in [1.165, 1.54) is 6.92 Å². The van der Waals surface area contributed by atoms with Crippen molar-refractivity contribution in [2.75, 3.05) is 17.7 Å². The topological polar surface area (TPSA) is 85.4 Å². The number of para-hydroxylation sites is 1. The number of halogens is 1. The Labute approximate surface area is 188 Å². The summed E-state index contributed by atoms with van der Waals surface area (Å²) in [5, 5.41) is 7.82. The number of rotatable bonds is 6. The monoisotopic (exact) mass is 442 g/mol. The highest BCUT2D eigenvalue weighted by atomic mass is 35.5. The fourth-order valence-corrected chi connectivity index (χ4v) is 3.79. The minimum absolute atomic E-state index is 0. The second-order valence-electron chi connectivity index (χ2n) is 7.49. The zero-order valence-electron chi connectivity index (χ0n) is 17.6. The van der Waals surface area contributed by atoms with Crippen LogP contribution >= 0.6 is 12.4 Å². The van der Waals surface area contributed by atoms with Gasteiger partial charge in [-0.1, -0.05) is 12.1 Å². The highest BCUT2D eigenvalue weighted by Gasteiger charge is 2.23. The number of methoxy groups -OCH3 is 1. The van der Waals surface area contributed by atoms with Gasteiger partial charge in [-0.05, 0) is 62.1 Å².